The fraction of sp³-hybridized carbons (Fsp3) is 0.375. The second-order valence-corrected chi connectivity index (χ2v) is 5.34. The van der Waals surface area contributed by atoms with E-state index in [4.69, 9.17) is 5.73 Å². The molecule has 2 unspecified atom stereocenters. The first-order chi connectivity index (χ1) is 8.52. The van der Waals surface area contributed by atoms with Crippen LogP contribution in [0.15, 0.2) is 54.1 Å². The lowest BCUT2D eigenvalue weighted by Crippen LogP contribution is -2.55. The Morgan fingerprint density at radius 3 is 2.50 bits per heavy atom. The van der Waals surface area contributed by atoms with Crippen molar-refractivity contribution in [2.45, 2.75) is 38.4 Å². The molecule has 2 heteroatoms. The van der Waals surface area contributed by atoms with E-state index < -0.39 is 5.54 Å². The van der Waals surface area contributed by atoms with Crippen molar-refractivity contribution in [1.29, 1.82) is 0 Å². The highest BCUT2D eigenvalue weighted by Gasteiger charge is 2.34. The van der Waals surface area contributed by atoms with Crippen molar-refractivity contribution in [2.75, 3.05) is 0 Å². The van der Waals surface area contributed by atoms with Crippen molar-refractivity contribution in [3.63, 3.8) is 0 Å². The Morgan fingerprint density at radius 1 is 1.22 bits per heavy atom. The standard InChI is InChI=1S/C16H22N2/c1-12(2)18-15-11-13(3)9-10-16(15,17)14-7-5-4-6-8-14/h4-12,15,18H,17H2,1-3H3. The number of rotatable bonds is 3. The van der Waals surface area contributed by atoms with E-state index in [1.54, 1.807) is 0 Å². The normalized spacial score (nSPS) is 27.4. The zero-order valence-electron chi connectivity index (χ0n) is 11.4. The summed E-state index contributed by atoms with van der Waals surface area (Å²) in [5.74, 6) is 0. The smallest absolute Gasteiger partial charge is 0.0790 e. The van der Waals surface area contributed by atoms with Gasteiger partial charge in [-0.15, -0.1) is 0 Å². The van der Waals surface area contributed by atoms with Crippen molar-refractivity contribution < 1.29 is 0 Å². The van der Waals surface area contributed by atoms with E-state index in [2.05, 4.69) is 56.4 Å². The topological polar surface area (TPSA) is 38.0 Å². The number of hydrogen-bond donors (Lipinski definition) is 2. The Hall–Kier alpha value is -1.38. The van der Waals surface area contributed by atoms with Gasteiger partial charge in [0.2, 0.25) is 0 Å². The van der Waals surface area contributed by atoms with Gasteiger partial charge in [-0.25, -0.2) is 0 Å². The van der Waals surface area contributed by atoms with Crippen LogP contribution in [0.5, 0.6) is 0 Å². The van der Waals surface area contributed by atoms with Crippen molar-refractivity contribution in [1.82, 2.24) is 5.32 Å². The molecule has 0 radical (unpaired) electrons. The van der Waals surface area contributed by atoms with Gasteiger partial charge in [-0.05, 0) is 12.5 Å². The van der Waals surface area contributed by atoms with Crippen LogP contribution in [0.25, 0.3) is 0 Å². The average molecular weight is 242 g/mol. The molecule has 0 amide bonds. The molecular formula is C16H22N2. The molecule has 1 aromatic rings. The molecule has 0 spiro atoms. The molecule has 1 aliphatic carbocycles. The quantitative estimate of drug-likeness (QED) is 0.855. The van der Waals surface area contributed by atoms with Crippen LogP contribution in [0.4, 0.5) is 0 Å². The van der Waals surface area contributed by atoms with Gasteiger partial charge in [-0.3, -0.25) is 0 Å². The van der Waals surface area contributed by atoms with Gasteiger partial charge in [0.25, 0.3) is 0 Å². The first kappa shape index (κ1) is 13.1. The minimum atomic E-state index is -0.467. The number of allylic oxidation sites excluding steroid dienone is 2. The molecule has 0 heterocycles. The first-order valence-electron chi connectivity index (χ1n) is 6.50. The Kier molecular flexibility index (Phi) is 3.69. The SMILES string of the molecule is CC1=CC(NC(C)C)C(N)(c2ccccc2)C=C1. The summed E-state index contributed by atoms with van der Waals surface area (Å²) in [6, 6.07) is 10.8. The molecule has 0 saturated carbocycles. The summed E-state index contributed by atoms with van der Waals surface area (Å²) in [6.07, 6.45) is 6.43. The maximum absolute atomic E-state index is 6.64. The summed E-state index contributed by atoms with van der Waals surface area (Å²) >= 11 is 0. The van der Waals surface area contributed by atoms with Gasteiger partial charge >= 0.3 is 0 Å². The van der Waals surface area contributed by atoms with E-state index in [0.717, 1.165) is 5.56 Å². The third kappa shape index (κ3) is 2.55. The molecule has 18 heavy (non-hydrogen) atoms. The molecule has 96 valence electrons. The number of nitrogens with one attached hydrogen (secondary N) is 1. The fourth-order valence-corrected chi connectivity index (χ4v) is 2.38. The van der Waals surface area contributed by atoms with Crippen LogP contribution >= 0.6 is 0 Å². The highest BCUT2D eigenvalue weighted by molar-refractivity contribution is 5.40. The molecule has 0 bridgehead atoms. The number of benzene rings is 1. The van der Waals surface area contributed by atoms with Crippen LogP contribution in [-0.2, 0) is 5.54 Å². The van der Waals surface area contributed by atoms with Gasteiger partial charge in [0.05, 0.1) is 11.6 Å². The van der Waals surface area contributed by atoms with Crippen molar-refractivity contribution >= 4 is 0 Å². The summed E-state index contributed by atoms with van der Waals surface area (Å²) in [6.45, 7) is 6.40. The Morgan fingerprint density at radius 2 is 1.89 bits per heavy atom. The summed E-state index contributed by atoms with van der Waals surface area (Å²) in [5, 5.41) is 3.55. The van der Waals surface area contributed by atoms with Crippen LogP contribution in [0, 0.1) is 0 Å². The van der Waals surface area contributed by atoms with Crippen LogP contribution in [-0.4, -0.2) is 12.1 Å². The molecule has 3 N–H and O–H groups in total. The van der Waals surface area contributed by atoms with E-state index in [-0.39, 0.29) is 6.04 Å². The lowest BCUT2D eigenvalue weighted by molar-refractivity contribution is 0.384. The predicted molar refractivity (Wildman–Crippen MR) is 77.3 cm³/mol. The number of nitrogens with two attached hydrogens (primary N) is 1. The molecule has 2 rings (SSSR count). The first-order valence-corrected chi connectivity index (χ1v) is 6.50. The molecule has 1 aliphatic rings. The maximum Gasteiger partial charge on any atom is 0.0790 e. The van der Waals surface area contributed by atoms with Gasteiger partial charge in [0.1, 0.15) is 0 Å². The third-order valence-corrected chi connectivity index (χ3v) is 3.35. The molecule has 0 saturated heterocycles. The van der Waals surface area contributed by atoms with E-state index in [9.17, 15) is 0 Å². The Labute approximate surface area is 110 Å². The Balaban J connectivity index is 2.38. The van der Waals surface area contributed by atoms with E-state index in [0.29, 0.717) is 6.04 Å². The number of hydrogen-bond acceptors (Lipinski definition) is 2. The zero-order chi connectivity index (χ0) is 13.2. The molecule has 1 aromatic carbocycles. The van der Waals surface area contributed by atoms with Gasteiger partial charge < -0.3 is 11.1 Å². The fourth-order valence-electron chi connectivity index (χ4n) is 2.38. The second kappa shape index (κ2) is 5.09. The third-order valence-electron chi connectivity index (χ3n) is 3.35. The van der Waals surface area contributed by atoms with Crippen LogP contribution in [0.2, 0.25) is 0 Å². The van der Waals surface area contributed by atoms with Crippen LogP contribution < -0.4 is 11.1 Å². The average Bonchev–Trinajstić information content (AvgIpc) is 2.34. The van der Waals surface area contributed by atoms with E-state index in [1.165, 1.54) is 5.57 Å². The lowest BCUT2D eigenvalue weighted by atomic mass is 9.79. The zero-order valence-corrected chi connectivity index (χ0v) is 11.4. The minimum absolute atomic E-state index is 0.130. The second-order valence-electron chi connectivity index (χ2n) is 5.34. The van der Waals surface area contributed by atoms with Crippen molar-refractivity contribution in [3.8, 4) is 0 Å². The van der Waals surface area contributed by atoms with E-state index >= 15 is 0 Å². The van der Waals surface area contributed by atoms with Gasteiger partial charge in [0.15, 0.2) is 0 Å². The minimum Gasteiger partial charge on any atom is -0.317 e. The highest BCUT2D eigenvalue weighted by Crippen LogP contribution is 2.29. The van der Waals surface area contributed by atoms with Crippen molar-refractivity contribution in [2.24, 2.45) is 5.73 Å². The molecule has 0 aliphatic heterocycles. The molecule has 0 fully saturated rings. The van der Waals surface area contributed by atoms with Crippen molar-refractivity contribution in [3.05, 3.63) is 59.7 Å². The van der Waals surface area contributed by atoms with Gasteiger partial charge in [-0.1, -0.05) is 68.0 Å². The monoisotopic (exact) mass is 242 g/mol. The lowest BCUT2D eigenvalue weighted by Gasteiger charge is -2.38. The highest BCUT2D eigenvalue weighted by atomic mass is 15.0. The van der Waals surface area contributed by atoms with Crippen LogP contribution in [0.1, 0.15) is 26.3 Å². The van der Waals surface area contributed by atoms with E-state index in [1.807, 2.05) is 18.2 Å². The summed E-state index contributed by atoms with van der Waals surface area (Å²) < 4.78 is 0. The maximum atomic E-state index is 6.64. The molecular weight excluding hydrogens is 220 g/mol. The molecule has 0 aromatic heterocycles. The largest absolute Gasteiger partial charge is 0.317 e. The summed E-state index contributed by atoms with van der Waals surface area (Å²) in [5.41, 5.74) is 8.57. The summed E-state index contributed by atoms with van der Waals surface area (Å²) in [7, 11) is 0. The Bertz CT molecular complexity index is 459. The van der Waals surface area contributed by atoms with Crippen LogP contribution in [0.3, 0.4) is 0 Å². The van der Waals surface area contributed by atoms with Gasteiger partial charge in [-0.2, -0.15) is 0 Å². The molecule has 2 nitrogen and oxygen atoms in total. The predicted octanol–water partition coefficient (Wildman–Crippen LogP) is 2.72. The molecule has 2 atom stereocenters. The van der Waals surface area contributed by atoms with Gasteiger partial charge in [0, 0.05) is 6.04 Å². The summed E-state index contributed by atoms with van der Waals surface area (Å²) in [4.78, 5) is 0.